The predicted molar refractivity (Wildman–Crippen MR) is 69.7 cm³/mol. The third kappa shape index (κ3) is 4.16. The molecule has 0 saturated carbocycles. The number of anilines is 1. The molecule has 0 saturated heterocycles. The van der Waals surface area contributed by atoms with Gasteiger partial charge in [0.15, 0.2) is 0 Å². The first-order valence-electron chi connectivity index (χ1n) is 5.16. The van der Waals surface area contributed by atoms with Crippen molar-refractivity contribution < 1.29 is 9.53 Å². The van der Waals surface area contributed by atoms with Crippen LogP contribution in [0.1, 0.15) is 13.3 Å². The Morgan fingerprint density at radius 2 is 2.29 bits per heavy atom. The molecule has 94 valence electrons. The Bertz CT molecular complexity index is 398. The van der Waals surface area contributed by atoms with E-state index in [1.54, 1.807) is 31.0 Å². The highest BCUT2D eigenvalue weighted by Gasteiger charge is 2.12. The third-order valence-corrected chi connectivity index (χ3v) is 3.31. The molecule has 0 aromatic heterocycles. The lowest BCUT2D eigenvalue weighted by molar-refractivity contribution is -0.121. The van der Waals surface area contributed by atoms with Crippen LogP contribution >= 0.6 is 11.8 Å². The zero-order chi connectivity index (χ0) is 12.8. The minimum atomic E-state index is -0.181. The summed E-state index contributed by atoms with van der Waals surface area (Å²) in [4.78, 5) is 12.1. The van der Waals surface area contributed by atoms with Gasteiger partial charge in [-0.3, -0.25) is 10.2 Å². The number of nitrogens with two attached hydrogens (primary N) is 2. The predicted octanol–water partition coefficient (Wildman–Crippen LogP) is 1.14. The Morgan fingerprint density at radius 3 is 2.88 bits per heavy atom. The minimum absolute atomic E-state index is 0.107. The van der Waals surface area contributed by atoms with Gasteiger partial charge in [0, 0.05) is 28.3 Å². The number of rotatable bonds is 5. The molecule has 1 aromatic carbocycles. The van der Waals surface area contributed by atoms with E-state index in [1.165, 1.54) is 0 Å². The number of carbonyl (C=O) groups is 1. The molecule has 1 rings (SSSR count). The molecule has 5 N–H and O–H groups in total. The number of hydrogen-bond acceptors (Lipinski definition) is 5. The van der Waals surface area contributed by atoms with Crippen LogP contribution in [0.3, 0.4) is 0 Å². The molecular weight excluding hydrogens is 238 g/mol. The number of methoxy groups -OCH3 is 1. The highest BCUT2D eigenvalue weighted by atomic mass is 32.2. The van der Waals surface area contributed by atoms with Crippen LogP contribution in [-0.4, -0.2) is 18.3 Å². The average molecular weight is 255 g/mol. The minimum Gasteiger partial charge on any atom is -0.496 e. The highest BCUT2D eigenvalue weighted by Crippen LogP contribution is 2.34. The van der Waals surface area contributed by atoms with E-state index in [2.05, 4.69) is 5.43 Å². The second kappa shape index (κ2) is 6.36. The molecule has 0 spiro atoms. The van der Waals surface area contributed by atoms with Gasteiger partial charge in [-0.2, -0.15) is 0 Å². The molecule has 6 heteroatoms. The maximum atomic E-state index is 11.1. The molecular formula is C11H17N3O2S. The molecule has 0 aliphatic rings. The molecule has 1 atom stereocenters. The van der Waals surface area contributed by atoms with E-state index in [-0.39, 0.29) is 11.2 Å². The topological polar surface area (TPSA) is 90.4 Å². The van der Waals surface area contributed by atoms with Gasteiger partial charge in [-0.05, 0) is 12.1 Å². The third-order valence-electron chi connectivity index (χ3n) is 2.15. The SMILES string of the molecule is COc1cc(N)ccc1SC(C)CC(=O)NN. The van der Waals surface area contributed by atoms with Gasteiger partial charge in [0.25, 0.3) is 0 Å². The summed E-state index contributed by atoms with van der Waals surface area (Å²) < 4.78 is 5.23. The van der Waals surface area contributed by atoms with E-state index < -0.39 is 0 Å². The number of ether oxygens (including phenoxy) is 1. The quantitative estimate of drug-likeness (QED) is 0.241. The maximum absolute atomic E-state index is 11.1. The summed E-state index contributed by atoms with van der Waals surface area (Å²) in [6.45, 7) is 1.95. The van der Waals surface area contributed by atoms with E-state index in [0.29, 0.717) is 12.1 Å². The summed E-state index contributed by atoms with van der Waals surface area (Å²) >= 11 is 1.55. The first-order valence-corrected chi connectivity index (χ1v) is 6.04. The summed E-state index contributed by atoms with van der Waals surface area (Å²) in [6.07, 6.45) is 0.356. The summed E-state index contributed by atoms with van der Waals surface area (Å²) in [5.41, 5.74) is 8.43. The zero-order valence-electron chi connectivity index (χ0n) is 9.90. The Morgan fingerprint density at radius 1 is 1.59 bits per heavy atom. The van der Waals surface area contributed by atoms with Crippen LogP contribution in [0.5, 0.6) is 5.75 Å². The van der Waals surface area contributed by atoms with Gasteiger partial charge >= 0.3 is 0 Å². The summed E-state index contributed by atoms with van der Waals surface area (Å²) in [5, 5.41) is 0.107. The number of benzene rings is 1. The number of carbonyl (C=O) groups excluding carboxylic acids is 1. The lowest BCUT2D eigenvalue weighted by atomic mass is 10.3. The fourth-order valence-corrected chi connectivity index (χ4v) is 2.43. The van der Waals surface area contributed by atoms with Crippen molar-refractivity contribution >= 4 is 23.4 Å². The van der Waals surface area contributed by atoms with Crippen LogP contribution < -0.4 is 21.7 Å². The van der Waals surface area contributed by atoms with Crippen molar-refractivity contribution in [1.29, 1.82) is 0 Å². The fourth-order valence-electron chi connectivity index (χ4n) is 1.36. The number of amides is 1. The van der Waals surface area contributed by atoms with Crippen molar-refractivity contribution in [2.75, 3.05) is 12.8 Å². The number of thioether (sulfide) groups is 1. The average Bonchev–Trinajstić information content (AvgIpc) is 2.31. The van der Waals surface area contributed by atoms with Crippen molar-refractivity contribution in [3.8, 4) is 5.75 Å². The van der Waals surface area contributed by atoms with Crippen LogP contribution in [0.2, 0.25) is 0 Å². The van der Waals surface area contributed by atoms with Crippen molar-refractivity contribution in [3.05, 3.63) is 18.2 Å². The lowest BCUT2D eigenvalue weighted by Crippen LogP contribution is -2.31. The molecule has 0 bridgehead atoms. The number of nitrogen functional groups attached to an aromatic ring is 1. The highest BCUT2D eigenvalue weighted by molar-refractivity contribution is 8.00. The van der Waals surface area contributed by atoms with Crippen molar-refractivity contribution in [2.45, 2.75) is 23.5 Å². The summed E-state index contributed by atoms with van der Waals surface area (Å²) in [7, 11) is 1.59. The molecule has 17 heavy (non-hydrogen) atoms. The fraction of sp³-hybridized carbons (Fsp3) is 0.364. The lowest BCUT2D eigenvalue weighted by Gasteiger charge is -2.13. The zero-order valence-corrected chi connectivity index (χ0v) is 10.7. The van der Waals surface area contributed by atoms with E-state index >= 15 is 0 Å². The molecule has 0 aliphatic heterocycles. The van der Waals surface area contributed by atoms with Crippen molar-refractivity contribution in [2.24, 2.45) is 5.84 Å². The van der Waals surface area contributed by atoms with Gasteiger partial charge in [0.05, 0.1) is 7.11 Å². The number of hydrazine groups is 1. The standard InChI is InChI=1S/C11H17N3O2S/c1-7(5-11(15)14-13)17-10-4-3-8(12)6-9(10)16-2/h3-4,6-7H,5,12-13H2,1-2H3,(H,14,15). The van der Waals surface area contributed by atoms with Crippen molar-refractivity contribution in [1.82, 2.24) is 5.43 Å². The Labute approximate surface area is 105 Å². The molecule has 5 nitrogen and oxygen atoms in total. The first kappa shape index (κ1) is 13.7. The molecule has 1 unspecified atom stereocenters. The number of nitrogens with one attached hydrogen (secondary N) is 1. The second-order valence-electron chi connectivity index (χ2n) is 3.61. The van der Waals surface area contributed by atoms with E-state index in [1.807, 2.05) is 13.0 Å². The number of hydrogen-bond donors (Lipinski definition) is 3. The van der Waals surface area contributed by atoms with Crippen molar-refractivity contribution in [3.63, 3.8) is 0 Å². The van der Waals surface area contributed by atoms with Gasteiger partial charge in [0.2, 0.25) is 5.91 Å². The monoisotopic (exact) mass is 255 g/mol. The van der Waals surface area contributed by atoms with Gasteiger partial charge in [-0.15, -0.1) is 11.8 Å². The van der Waals surface area contributed by atoms with E-state index in [9.17, 15) is 4.79 Å². The van der Waals surface area contributed by atoms with Crippen LogP contribution in [0.25, 0.3) is 0 Å². The van der Waals surface area contributed by atoms with Crippen LogP contribution in [0.15, 0.2) is 23.1 Å². The Balaban J connectivity index is 2.70. The second-order valence-corrected chi connectivity index (χ2v) is 5.09. The normalized spacial score (nSPS) is 11.9. The maximum Gasteiger partial charge on any atom is 0.234 e. The van der Waals surface area contributed by atoms with Crippen LogP contribution in [0, 0.1) is 0 Å². The molecule has 1 amide bonds. The molecule has 0 aliphatic carbocycles. The van der Waals surface area contributed by atoms with Crippen LogP contribution in [0.4, 0.5) is 5.69 Å². The van der Waals surface area contributed by atoms with E-state index in [0.717, 1.165) is 10.6 Å². The smallest absolute Gasteiger partial charge is 0.234 e. The van der Waals surface area contributed by atoms with Gasteiger partial charge < -0.3 is 10.5 Å². The summed E-state index contributed by atoms with van der Waals surface area (Å²) in [5.74, 6) is 5.58. The Kier molecular flexibility index (Phi) is 5.11. The van der Waals surface area contributed by atoms with Crippen LogP contribution in [-0.2, 0) is 4.79 Å². The molecule has 1 aromatic rings. The van der Waals surface area contributed by atoms with Gasteiger partial charge in [-0.25, -0.2) is 5.84 Å². The first-order chi connectivity index (χ1) is 8.06. The largest absolute Gasteiger partial charge is 0.496 e. The molecule has 0 heterocycles. The molecule has 0 fully saturated rings. The Hall–Kier alpha value is -1.40. The van der Waals surface area contributed by atoms with Gasteiger partial charge in [-0.1, -0.05) is 6.92 Å². The summed E-state index contributed by atoms with van der Waals surface area (Å²) in [6, 6.07) is 5.45. The van der Waals surface area contributed by atoms with Gasteiger partial charge in [0.1, 0.15) is 5.75 Å². The van der Waals surface area contributed by atoms with E-state index in [4.69, 9.17) is 16.3 Å². The molecule has 0 radical (unpaired) electrons.